The molecule has 7 aromatic rings. The highest BCUT2D eigenvalue weighted by Crippen LogP contribution is 2.42. The molecule has 7 heterocycles. The molecule has 2 amide bonds. The summed E-state index contributed by atoms with van der Waals surface area (Å²) in [7, 11) is -3.54. The van der Waals surface area contributed by atoms with Crippen LogP contribution in [0.2, 0.25) is 0 Å². The fraction of sp³-hybridized carbons (Fsp3) is 0.435. The SMILES string of the molecule is CC[C@@]1(OC(=O)OCc2ccc(NC(=O)[C@H](CCCCN)CC(=O)COCC(=O)CCCOCCn3cc(CNC(=O)c4csc(-c5cnc(SC)nc5)n4)nn3)cc2)C(=O)OCc2c1cc1n(c2=O)Cc2c-1nc1ccccc1c2CCN(C(C)C)S(C)(=O)=O. The summed E-state index contributed by atoms with van der Waals surface area (Å²) in [6, 6.07) is 15.3. The minimum atomic E-state index is -3.54. The summed E-state index contributed by atoms with van der Waals surface area (Å²) < 4.78 is 58.2. The predicted octanol–water partition coefficient (Wildman–Crippen LogP) is 6.54. The molecule has 4 N–H and O–H groups in total. The van der Waals surface area contributed by atoms with E-state index < -0.39 is 45.1 Å². The first-order chi connectivity index (χ1) is 43.8. The zero-order valence-corrected chi connectivity index (χ0v) is 53.6. The lowest BCUT2D eigenvalue weighted by molar-refractivity contribution is -0.175. The van der Waals surface area contributed by atoms with Crippen LogP contribution in [-0.4, -0.2) is 146 Å². The van der Waals surface area contributed by atoms with Crippen molar-refractivity contribution < 1.29 is 60.9 Å². The number of benzene rings is 2. The van der Waals surface area contributed by atoms with Gasteiger partial charge in [0.15, 0.2) is 16.7 Å². The Morgan fingerprint density at radius 2 is 1.73 bits per heavy atom. The Bertz CT molecular complexity index is 3970. The van der Waals surface area contributed by atoms with Crippen molar-refractivity contribution >= 4 is 85.2 Å². The lowest BCUT2D eigenvalue weighted by Crippen LogP contribution is -2.47. The van der Waals surface area contributed by atoms with E-state index in [2.05, 4.69) is 35.9 Å². The highest BCUT2D eigenvalue weighted by molar-refractivity contribution is 7.98. The number of nitrogens with two attached hydrogens (primary N) is 1. The van der Waals surface area contributed by atoms with E-state index in [1.807, 2.05) is 44.4 Å². The van der Waals surface area contributed by atoms with Crippen molar-refractivity contribution in [1.29, 1.82) is 0 Å². The molecule has 91 heavy (non-hydrogen) atoms. The van der Waals surface area contributed by atoms with Crippen molar-refractivity contribution in [3.63, 3.8) is 0 Å². The van der Waals surface area contributed by atoms with Crippen molar-refractivity contribution in [3.05, 3.63) is 128 Å². The van der Waals surface area contributed by atoms with Gasteiger partial charge in [-0.25, -0.2) is 42.6 Å². The minimum Gasteiger partial charge on any atom is -0.457 e. The van der Waals surface area contributed by atoms with E-state index >= 15 is 0 Å². The van der Waals surface area contributed by atoms with Crippen LogP contribution in [0.4, 0.5) is 10.5 Å². The Labute approximate surface area is 533 Å². The van der Waals surface area contributed by atoms with Gasteiger partial charge in [0.2, 0.25) is 21.5 Å². The quantitative estimate of drug-likeness (QED) is 0.0170. The molecule has 2 atom stereocenters. The number of anilines is 1. The fourth-order valence-corrected chi connectivity index (χ4v) is 13.1. The number of cyclic esters (lactones) is 1. The van der Waals surface area contributed by atoms with E-state index in [-0.39, 0.29) is 106 Å². The Morgan fingerprint density at radius 3 is 2.46 bits per heavy atom. The van der Waals surface area contributed by atoms with Gasteiger partial charge in [0.1, 0.15) is 42.8 Å². The molecule has 2 aliphatic heterocycles. The van der Waals surface area contributed by atoms with Crippen LogP contribution in [0.3, 0.4) is 0 Å². The summed E-state index contributed by atoms with van der Waals surface area (Å²) >= 11 is 2.75. The number of sulfonamides is 1. The number of esters is 1. The van der Waals surface area contributed by atoms with Crippen molar-refractivity contribution in [2.75, 3.05) is 57.3 Å². The number of hydrogen-bond donors (Lipinski definition) is 3. The number of nitrogens with zero attached hydrogens (tertiary/aromatic N) is 9. The van der Waals surface area contributed by atoms with Crippen molar-refractivity contribution in [3.8, 4) is 22.0 Å². The van der Waals surface area contributed by atoms with Gasteiger partial charge < -0.3 is 44.6 Å². The standard InChI is InChI=1S/C62H72N12O14S3/c1-6-62(50-27-53-54-48(32-73(53)58(79)49(50)36-86-59(62)80)46(47-14-7-8-15-51(47)68-54)20-22-74(38(2)3)91(5,82)83)88-61(81)87-33-39-16-18-42(19-17-39)67-55(77)40(12-9-10-21-63)26-45(76)35-85-34-44(75)13-11-24-84-25-23-72-31-43(70-71-72)30-64-56(78)52-37-90-57(69-52)41-28-65-60(89-4)66-29-41/h7-8,14-19,27-29,31,37-38,40H,6,9-13,20-26,30,32-36,63H2,1-5H3,(H,64,78)(H,67,77)/t40-,62+/m1/s1. The second kappa shape index (κ2) is 30.7. The van der Waals surface area contributed by atoms with Crippen molar-refractivity contribution in [2.24, 2.45) is 11.7 Å². The molecule has 5 aromatic heterocycles. The van der Waals surface area contributed by atoms with E-state index in [9.17, 15) is 42.0 Å². The number of Topliss-reactive ketones (excluding diaryl/α,β-unsaturated/α-hetero) is 2. The molecule has 29 heteroatoms. The van der Waals surface area contributed by atoms with Gasteiger partial charge in [-0.3, -0.25) is 24.0 Å². The number of thioether (sulfide) groups is 1. The third-order valence-corrected chi connectivity index (χ3v) is 18.4. The Balaban J connectivity index is 0.706. The molecule has 9 rings (SSSR count). The molecular weight excluding hydrogens is 1230 g/mol. The maximum atomic E-state index is 14.4. The minimum absolute atomic E-state index is 0.109. The van der Waals surface area contributed by atoms with Gasteiger partial charge >= 0.3 is 12.1 Å². The number of ether oxygens (including phenoxy) is 5. The highest BCUT2D eigenvalue weighted by Gasteiger charge is 2.51. The number of fused-ring (bicyclic) bond motifs is 5. The van der Waals surface area contributed by atoms with E-state index in [0.29, 0.717) is 102 Å². The number of unbranched alkanes of at least 4 members (excludes halogenated alkanes) is 1. The fourth-order valence-electron chi connectivity index (χ4n) is 10.8. The maximum Gasteiger partial charge on any atom is 0.510 e. The van der Waals surface area contributed by atoms with Gasteiger partial charge in [0.05, 0.1) is 61.2 Å². The van der Waals surface area contributed by atoms with Crippen molar-refractivity contribution in [2.45, 2.75) is 122 Å². The number of nitrogens with one attached hydrogen (secondary N) is 2. The Kier molecular flexibility index (Phi) is 22.7. The van der Waals surface area contributed by atoms with Crippen LogP contribution in [0.15, 0.2) is 88.5 Å². The summed E-state index contributed by atoms with van der Waals surface area (Å²) in [5.41, 5.74) is 9.05. The second-order valence-corrected chi connectivity index (χ2v) is 25.7. The molecule has 0 saturated carbocycles. The number of para-hydroxylation sites is 1. The molecule has 482 valence electrons. The number of carbonyl (C=O) groups excluding carboxylic acids is 6. The first-order valence-electron chi connectivity index (χ1n) is 29.7. The normalized spacial score (nSPS) is 14.6. The summed E-state index contributed by atoms with van der Waals surface area (Å²) in [4.78, 5) is 112. The average Bonchev–Trinajstić information content (AvgIpc) is 1.66. The van der Waals surface area contributed by atoms with Crippen LogP contribution in [0.25, 0.3) is 32.9 Å². The molecule has 0 radical (unpaired) electrons. The van der Waals surface area contributed by atoms with Crippen molar-refractivity contribution in [1.82, 2.24) is 49.1 Å². The van der Waals surface area contributed by atoms with E-state index in [4.69, 9.17) is 34.4 Å². The van der Waals surface area contributed by atoms with Gasteiger partial charge in [-0.2, -0.15) is 4.31 Å². The number of carbonyl (C=O) groups is 6. The molecular formula is C62H72N12O14S3. The summed E-state index contributed by atoms with van der Waals surface area (Å²) in [6.45, 7) is 5.83. The zero-order valence-electron chi connectivity index (χ0n) is 51.1. The molecule has 2 aliphatic rings. The van der Waals surface area contributed by atoms with Crippen LogP contribution in [0.1, 0.15) is 110 Å². The van der Waals surface area contributed by atoms with Gasteiger partial charge in [0, 0.05) is 83.5 Å². The number of rotatable bonds is 33. The lowest BCUT2D eigenvalue weighted by Gasteiger charge is -2.35. The number of amides is 2. The van der Waals surface area contributed by atoms with E-state index in [1.54, 1.807) is 70.5 Å². The first kappa shape index (κ1) is 67.2. The van der Waals surface area contributed by atoms with Gasteiger partial charge in [-0.1, -0.05) is 60.7 Å². The topological polar surface area (TPSA) is 340 Å². The van der Waals surface area contributed by atoms with Crippen LogP contribution in [-0.2, 0) is 97.8 Å². The largest absolute Gasteiger partial charge is 0.510 e. The van der Waals surface area contributed by atoms with Crippen LogP contribution < -0.4 is 21.9 Å². The molecule has 0 unspecified atom stereocenters. The third kappa shape index (κ3) is 16.7. The number of hydrogen-bond acceptors (Lipinski definition) is 23. The first-order valence-corrected chi connectivity index (χ1v) is 33.7. The van der Waals surface area contributed by atoms with E-state index in [1.165, 1.54) is 33.7 Å². The summed E-state index contributed by atoms with van der Waals surface area (Å²) in [6.07, 6.45) is 9.21. The zero-order chi connectivity index (χ0) is 64.8. The molecule has 26 nitrogen and oxygen atoms in total. The molecule has 0 bridgehead atoms. The maximum absolute atomic E-state index is 14.4. The molecule has 2 aromatic carbocycles. The third-order valence-electron chi connectivity index (χ3n) is 15.5. The Morgan fingerprint density at radius 1 is 0.956 bits per heavy atom. The summed E-state index contributed by atoms with van der Waals surface area (Å²) in [5, 5.41) is 17.6. The number of aromatic nitrogens is 8. The monoisotopic (exact) mass is 1300 g/mol. The van der Waals surface area contributed by atoms with Gasteiger partial charge in [-0.05, 0) is 94.1 Å². The Hall–Kier alpha value is -8.19. The molecule has 0 aliphatic carbocycles. The highest BCUT2D eigenvalue weighted by atomic mass is 32.2. The number of ketones is 2. The number of thiazole rings is 1. The van der Waals surface area contributed by atoms with Gasteiger partial charge in [-0.15, -0.1) is 16.4 Å². The molecule has 0 fully saturated rings. The van der Waals surface area contributed by atoms with Crippen LogP contribution in [0, 0.1) is 5.92 Å². The predicted molar refractivity (Wildman–Crippen MR) is 337 cm³/mol. The number of pyridine rings is 2. The van der Waals surface area contributed by atoms with E-state index in [0.717, 1.165) is 22.1 Å². The summed E-state index contributed by atoms with van der Waals surface area (Å²) in [5.74, 6) is -2.92. The average molecular weight is 1310 g/mol. The lowest BCUT2D eigenvalue weighted by atomic mass is 9.85. The molecule has 0 spiro atoms. The van der Waals surface area contributed by atoms with Crippen LogP contribution >= 0.6 is 23.1 Å². The second-order valence-electron chi connectivity index (χ2n) is 22.2. The molecule has 0 saturated heterocycles. The smallest absolute Gasteiger partial charge is 0.457 e. The van der Waals surface area contributed by atoms with Crippen LogP contribution in [0.5, 0.6) is 0 Å². The van der Waals surface area contributed by atoms with Gasteiger partial charge in [0.25, 0.3) is 11.5 Å².